The van der Waals surface area contributed by atoms with E-state index in [1.807, 2.05) is 27.7 Å². The highest BCUT2D eigenvalue weighted by atomic mass is 16.7. The van der Waals surface area contributed by atoms with Crippen molar-refractivity contribution in [2.24, 2.45) is 0 Å². The maximum Gasteiger partial charge on any atom is 0.498 e. The Kier molecular flexibility index (Phi) is 8.18. The minimum atomic E-state index is -1.20. The number of ether oxygens (including phenoxy) is 2. The highest BCUT2D eigenvalue weighted by molar-refractivity contribution is 6.63. The number of carboxylic acids is 1. The van der Waals surface area contributed by atoms with Crippen LogP contribution in [0.25, 0.3) is 0 Å². The number of nitrogens with zero attached hydrogens (tertiary/aromatic N) is 1. The fourth-order valence-corrected chi connectivity index (χ4v) is 3.42. The summed E-state index contributed by atoms with van der Waals surface area (Å²) in [4.78, 5) is 38.6. The van der Waals surface area contributed by atoms with E-state index in [-0.39, 0.29) is 0 Å². The SMILES string of the molecule is COc1ccc([C@@H](C(=O)N[C@@H](C)C(=O)O)N(C)C(=O)OC(C)(C)C)cc1B1OC(C)(C)C(C)(C)O1. The molecule has 0 bridgehead atoms. The van der Waals surface area contributed by atoms with Crippen LogP contribution in [0.3, 0.4) is 0 Å². The summed E-state index contributed by atoms with van der Waals surface area (Å²) in [5, 5.41) is 11.7. The maximum absolute atomic E-state index is 13.2. The molecule has 0 spiro atoms. The topological polar surface area (TPSA) is 124 Å². The van der Waals surface area contributed by atoms with Crippen LogP contribution in [0.4, 0.5) is 4.79 Å². The fraction of sp³-hybridized carbons (Fsp3) is 0.625. The molecule has 2 amide bonds. The van der Waals surface area contributed by atoms with E-state index in [0.29, 0.717) is 16.8 Å². The van der Waals surface area contributed by atoms with Crippen LogP contribution in [0.1, 0.15) is 67.0 Å². The van der Waals surface area contributed by atoms with E-state index in [2.05, 4.69) is 5.32 Å². The second-order valence-corrected chi connectivity index (χ2v) is 10.7. The summed E-state index contributed by atoms with van der Waals surface area (Å²) in [5.41, 5.74) is -1.09. The van der Waals surface area contributed by atoms with Gasteiger partial charge in [0.2, 0.25) is 5.91 Å². The summed E-state index contributed by atoms with van der Waals surface area (Å²) in [7, 11) is 2.14. The largest absolute Gasteiger partial charge is 0.498 e. The van der Waals surface area contributed by atoms with Crippen LogP contribution in [0.5, 0.6) is 5.75 Å². The number of likely N-dealkylation sites (N-methyl/N-ethyl adjacent to an activating group) is 1. The van der Waals surface area contributed by atoms with Crippen LogP contribution < -0.4 is 15.5 Å². The molecule has 1 saturated heterocycles. The molecule has 194 valence electrons. The summed E-state index contributed by atoms with van der Waals surface area (Å²) in [5.74, 6) is -1.41. The smallest absolute Gasteiger partial charge is 0.497 e. The van der Waals surface area contributed by atoms with E-state index >= 15 is 0 Å². The summed E-state index contributed by atoms with van der Waals surface area (Å²) in [6, 6.07) is 2.58. The molecule has 11 heteroatoms. The van der Waals surface area contributed by atoms with E-state index in [4.69, 9.17) is 18.8 Å². The lowest BCUT2D eigenvalue weighted by atomic mass is 9.77. The molecule has 0 aliphatic carbocycles. The van der Waals surface area contributed by atoms with Crippen LogP contribution in [0.15, 0.2) is 18.2 Å². The van der Waals surface area contributed by atoms with Gasteiger partial charge in [0, 0.05) is 12.5 Å². The third-order valence-corrected chi connectivity index (χ3v) is 6.12. The predicted octanol–water partition coefficient (Wildman–Crippen LogP) is 2.49. The Hall–Kier alpha value is -2.79. The van der Waals surface area contributed by atoms with Gasteiger partial charge in [-0.1, -0.05) is 12.1 Å². The number of rotatable bonds is 7. The van der Waals surface area contributed by atoms with Gasteiger partial charge in [-0.15, -0.1) is 0 Å². The third-order valence-electron chi connectivity index (χ3n) is 6.12. The average Bonchev–Trinajstić information content (AvgIpc) is 2.93. The Morgan fingerprint density at radius 3 is 2.11 bits per heavy atom. The number of methoxy groups -OCH3 is 1. The fourth-order valence-electron chi connectivity index (χ4n) is 3.42. The van der Waals surface area contributed by atoms with Crippen molar-refractivity contribution >= 4 is 30.6 Å². The number of nitrogens with one attached hydrogen (secondary N) is 1. The van der Waals surface area contributed by atoms with Crippen LogP contribution in [0, 0.1) is 0 Å². The number of amides is 2. The summed E-state index contributed by atoms with van der Waals surface area (Å²) >= 11 is 0. The van der Waals surface area contributed by atoms with Crippen LogP contribution >= 0.6 is 0 Å². The number of carbonyl (C=O) groups excluding carboxylic acids is 2. The number of carboxylic acid groups (broad SMARTS) is 1. The van der Waals surface area contributed by atoms with Gasteiger partial charge in [0.15, 0.2) is 0 Å². The molecule has 1 aromatic rings. The molecule has 35 heavy (non-hydrogen) atoms. The summed E-state index contributed by atoms with van der Waals surface area (Å²) < 4.78 is 23.3. The summed E-state index contributed by atoms with van der Waals surface area (Å²) in [6.07, 6.45) is -0.742. The van der Waals surface area contributed by atoms with Gasteiger partial charge >= 0.3 is 19.2 Å². The summed E-state index contributed by atoms with van der Waals surface area (Å²) in [6.45, 7) is 14.2. The molecule has 10 nitrogen and oxygen atoms in total. The standard InChI is InChI=1S/C24H37BN2O8/c1-14(20(29)30)26-19(28)18(27(9)21(31)33-22(2,3)4)15-11-12-17(32-10)16(13-15)25-34-23(5,6)24(7,8)35-25/h11-14,18H,1-10H3,(H,26,28)(H,29,30)/t14-,18-/m0/s1. The van der Waals surface area contributed by atoms with Gasteiger partial charge in [-0.05, 0) is 67.0 Å². The van der Waals surface area contributed by atoms with Crippen molar-refractivity contribution in [3.63, 3.8) is 0 Å². The molecule has 2 atom stereocenters. The first-order chi connectivity index (χ1) is 15.9. The number of carbonyl (C=O) groups is 3. The monoisotopic (exact) mass is 492 g/mol. The Balaban J connectivity index is 2.55. The lowest BCUT2D eigenvalue weighted by molar-refractivity contribution is -0.142. The van der Waals surface area contributed by atoms with Gasteiger partial charge in [0.1, 0.15) is 23.4 Å². The molecule has 2 rings (SSSR count). The molecule has 1 aromatic carbocycles. The van der Waals surface area contributed by atoms with Gasteiger partial charge < -0.3 is 29.2 Å². The molecule has 2 N–H and O–H groups in total. The van der Waals surface area contributed by atoms with E-state index in [0.717, 1.165) is 4.90 Å². The van der Waals surface area contributed by atoms with Gasteiger partial charge in [0.05, 0.1) is 18.3 Å². The second kappa shape index (κ2) is 10.1. The molecular formula is C24H37BN2O8. The number of hydrogen-bond donors (Lipinski definition) is 2. The van der Waals surface area contributed by atoms with Crippen molar-refractivity contribution in [3.8, 4) is 5.75 Å². The van der Waals surface area contributed by atoms with Crippen molar-refractivity contribution in [2.75, 3.05) is 14.2 Å². The number of hydrogen-bond acceptors (Lipinski definition) is 7. The predicted molar refractivity (Wildman–Crippen MR) is 131 cm³/mol. The van der Waals surface area contributed by atoms with E-state index in [1.165, 1.54) is 21.1 Å². The molecule has 1 fully saturated rings. The first kappa shape index (κ1) is 28.5. The molecule has 1 aliphatic heterocycles. The molecule has 0 radical (unpaired) electrons. The lowest BCUT2D eigenvalue weighted by Gasteiger charge is -2.32. The lowest BCUT2D eigenvalue weighted by Crippen LogP contribution is -2.48. The Labute approximate surface area is 207 Å². The highest BCUT2D eigenvalue weighted by Gasteiger charge is 2.52. The minimum Gasteiger partial charge on any atom is -0.497 e. The number of aliphatic carboxylic acids is 1. The van der Waals surface area contributed by atoms with Crippen molar-refractivity contribution in [1.29, 1.82) is 0 Å². The first-order valence-corrected chi connectivity index (χ1v) is 11.4. The normalized spacial score (nSPS) is 18.4. The first-order valence-electron chi connectivity index (χ1n) is 11.4. The van der Waals surface area contributed by atoms with E-state index < -0.39 is 54.0 Å². The van der Waals surface area contributed by atoms with E-state index in [1.54, 1.807) is 39.0 Å². The van der Waals surface area contributed by atoms with Gasteiger partial charge in [-0.3, -0.25) is 14.5 Å². The van der Waals surface area contributed by atoms with Crippen molar-refractivity contribution in [3.05, 3.63) is 23.8 Å². The molecule has 0 saturated carbocycles. The van der Waals surface area contributed by atoms with Gasteiger partial charge in [-0.2, -0.15) is 0 Å². The van der Waals surface area contributed by atoms with Crippen molar-refractivity contribution in [1.82, 2.24) is 10.2 Å². The molecule has 1 heterocycles. The second-order valence-electron chi connectivity index (χ2n) is 10.7. The van der Waals surface area contributed by atoms with Crippen LogP contribution in [-0.2, 0) is 23.6 Å². The Bertz CT molecular complexity index is 957. The van der Waals surface area contributed by atoms with Gasteiger partial charge in [0.25, 0.3) is 0 Å². The van der Waals surface area contributed by atoms with E-state index in [9.17, 15) is 19.5 Å². The molecule has 1 aliphatic rings. The average molecular weight is 492 g/mol. The molecular weight excluding hydrogens is 455 g/mol. The van der Waals surface area contributed by atoms with Crippen molar-refractivity contribution < 1.29 is 38.3 Å². The highest BCUT2D eigenvalue weighted by Crippen LogP contribution is 2.37. The third kappa shape index (κ3) is 6.46. The quantitative estimate of drug-likeness (QED) is 0.557. The van der Waals surface area contributed by atoms with Crippen LogP contribution in [0.2, 0.25) is 0 Å². The van der Waals surface area contributed by atoms with Crippen molar-refractivity contribution in [2.45, 2.75) is 84.3 Å². The van der Waals surface area contributed by atoms with Crippen LogP contribution in [-0.4, -0.2) is 72.1 Å². The zero-order valence-electron chi connectivity index (χ0n) is 22.2. The zero-order chi connectivity index (χ0) is 26.9. The van der Waals surface area contributed by atoms with Gasteiger partial charge in [-0.25, -0.2) is 4.79 Å². The Morgan fingerprint density at radius 1 is 1.11 bits per heavy atom. The maximum atomic E-state index is 13.2. The number of benzene rings is 1. The molecule has 0 aromatic heterocycles. The zero-order valence-corrected chi connectivity index (χ0v) is 22.2. The Morgan fingerprint density at radius 2 is 1.66 bits per heavy atom. The molecule has 0 unspecified atom stereocenters. The minimum absolute atomic E-state index is 0.402.